The second-order valence-corrected chi connectivity index (χ2v) is 9.99. The van der Waals surface area contributed by atoms with E-state index in [2.05, 4.69) is 16.8 Å². The molecule has 196 valence electrons. The molecule has 3 heterocycles. The highest BCUT2D eigenvalue weighted by molar-refractivity contribution is 7.08. The molecule has 2 aliphatic heterocycles. The lowest BCUT2D eigenvalue weighted by Crippen LogP contribution is -2.51. The lowest BCUT2D eigenvalue weighted by molar-refractivity contribution is -0.139. The van der Waals surface area contributed by atoms with Crippen LogP contribution in [-0.4, -0.2) is 78.5 Å². The third kappa shape index (κ3) is 6.11. The van der Waals surface area contributed by atoms with Crippen molar-refractivity contribution in [2.75, 3.05) is 45.9 Å². The van der Waals surface area contributed by atoms with Crippen molar-refractivity contribution in [2.45, 2.75) is 26.3 Å². The molecule has 1 aromatic carbocycles. The Labute approximate surface area is 222 Å². The summed E-state index contributed by atoms with van der Waals surface area (Å²) in [5.74, 6) is -0.412. The van der Waals surface area contributed by atoms with E-state index in [0.29, 0.717) is 43.0 Å². The lowest BCUT2D eigenvalue weighted by atomic mass is 9.96. The monoisotopic (exact) mass is 522 g/mol. The highest BCUT2D eigenvalue weighted by atomic mass is 32.1. The number of ether oxygens (including phenoxy) is 1. The van der Waals surface area contributed by atoms with Crippen LogP contribution in [0.1, 0.15) is 40.9 Å². The van der Waals surface area contributed by atoms with E-state index in [-0.39, 0.29) is 25.1 Å². The Bertz CT molecular complexity index is 1160. The highest BCUT2D eigenvalue weighted by Gasteiger charge is 2.38. The number of aryl methyl sites for hydroxylation is 1. The van der Waals surface area contributed by atoms with Gasteiger partial charge < -0.3 is 15.0 Å². The van der Waals surface area contributed by atoms with E-state index >= 15 is 0 Å². The lowest BCUT2D eigenvalue weighted by Gasteiger charge is -2.37. The molecule has 1 N–H and O–H groups in total. The number of nitrogens with one attached hydrogen (secondary N) is 1. The van der Waals surface area contributed by atoms with Crippen molar-refractivity contribution in [3.05, 3.63) is 81.7 Å². The Morgan fingerprint density at radius 3 is 2.62 bits per heavy atom. The van der Waals surface area contributed by atoms with Gasteiger partial charge in [0.25, 0.3) is 5.91 Å². The average Bonchev–Trinajstić information content (AvgIpc) is 3.32. The van der Waals surface area contributed by atoms with Crippen LogP contribution in [0.4, 0.5) is 4.79 Å². The SMILES string of the molecule is C=CCN1C(=O)NC(c2ccsc2)C(C(=O)OCC)=C1CN1CCCN(C(=O)c2ccc(C)cc2)CC1. The molecule has 1 aromatic heterocycles. The average molecular weight is 523 g/mol. The van der Waals surface area contributed by atoms with Gasteiger partial charge in [-0.25, -0.2) is 9.59 Å². The molecule has 1 unspecified atom stereocenters. The van der Waals surface area contributed by atoms with Crippen molar-refractivity contribution in [1.29, 1.82) is 0 Å². The van der Waals surface area contributed by atoms with Crippen molar-refractivity contribution in [3.8, 4) is 0 Å². The number of rotatable bonds is 8. The first-order valence-corrected chi connectivity index (χ1v) is 13.6. The quantitative estimate of drug-likeness (QED) is 0.419. The van der Waals surface area contributed by atoms with Gasteiger partial charge in [-0.05, 0) is 54.8 Å². The number of carbonyl (C=O) groups is 3. The van der Waals surface area contributed by atoms with E-state index < -0.39 is 12.0 Å². The minimum Gasteiger partial charge on any atom is -0.463 e. The minimum atomic E-state index is -0.583. The number of esters is 1. The van der Waals surface area contributed by atoms with Crippen LogP contribution in [0.25, 0.3) is 0 Å². The maximum atomic E-state index is 13.3. The molecule has 0 radical (unpaired) electrons. The van der Waals surface area contributed by atoms with Crippen molar-refractivity contribution in [1.82, 2.24) is 20.0 Å². The Kier molecular flexibility index (Phi) is 8.78. The number of hydrogen-bond donors (Lipinski definition) is 1. The molecule has 4 rings (SSSR count). The van der Waals surface area contributed by atoms with E-state index in [9.17, 15) is 14.4 Å². The Hall–Kier alpha value is -3.43. The number of thiophene rings is 1. The predicted octanol–water partition coefficient (Wildman–Crippen LogP) is 3.97. The smallest absolute Gasteiger partial charge is 0.338 e. The Morgan fingerprint density at radius 2 is 1.95 bits per heavy atom. The summed E-state index contributed by atoms with van der Waals surface area (Å²) in [7, 11) is 0. The van der Waals surface area contributed by atoms with E-state index in [1.165, 1.54) is 11.3 Å². The van der Waals surface area contributed by atoms with Crippen molar-refractivity contribution < 1.29 is 19.1 Å². The zero-order valence-electron chi connectivity index (χ0n) is 21.4. The van der Waals surface area contributed by atoms with Gasteiger partial charge in [0.05, 0.1) is 18.2 Å². The number of urea groups is 1. The number of nitrogens with zero attached hydrogens (tertiary/aromatic N) is 3. The molecule has 0 aliphatic carbocycles. The summed E-state index contributed by atoms with van der Waals surface area (Å²) in [6.07, 6.45) is 2.44. The standard InChI is InChI=1S/C28H34N4O4S/c1-4-12-32-23(24(27(34)36-5-2)25(29-28(32)35)22-11-17-37-19-22)18-30-13-6-14-31(16-15-30)26(33)21-9-7-20(3)8-10-21/h4,7-11,17,19,25H,1,5-6,12-16,18H2,2-3H3,(H,29,35). The molecule has 2 aromatic rings. The van der Waals surface area contributed by atoms with Crippen LogP contribution in [-0.2, 0) is 9.53 Å². The van der Waals surface area contributed by atoms with Gasteiger partial charge in [-0.1, -0.05) is 23.8 Å². The number of hydrogen-bond acceptors (Lipinski definition) is 6. The minimum absolute atomic E-state index is 0.0242. The van der Waals surface area contributed by atoms with Crippen LogP contribution >= 0.6 is 11.3 Å². The molecule has 1 atom stereocenters. The summed E-state index contributed by atoms with van der Waals surface area (Å²) >= 11 is 1.51. The fourth-order valence-electron chi connectivity index (χ4n) is 4.76. The molecule has 37 heavy (non-hydrogen) atoms. The van der Waals surface area contributed by atoms with Crippen LogP contribution in [0.2, 0.25) is 0 Å². The molecule has 0 spiro atoms. The summed E-state index contributed by atoms with van der Waals surface area (Å²) in [5, 5.41) is 6.84. The second-order valence-electron chi connectivity index (χ2n) is 9.21. The Balaban J connectivity index is 1.60. The van der Waals surface area contributed by atoms with E-state index in [0.717, 1.165) is 24.1 Å². The molecule has 2 aliphatic rings. The third-order valence-electron chi connectivity index (χ3n) is 6.67. The molecular weight excluding hydrogens is 488 g/mol. The van der Waals surface area contributed by atoms with E-state index in [1.807, 2.05) is 52.9 Å². The fraction of sp³-hybridized carbons (Fsp3) is 0.393. The van der Waals surface area contributed by atoms with Gasteiger partial charge >= 0.3 is 12.0 Å². The molecule has 8 nitrogen and oxygen atoms in total. The summed E-state index contributed by atoms with van der Waals surface area (Å²) in [6.45, 7) is 11.1. The molecule has 9 heteroatoms. The maximum absolute atomic E-state index is 13.3. The largest absolute Gasteiger partial charge is 0.463 e. The van der Waals surface area contributed by atoms with E-state index in [1.54, 1.807) is 17.9 Å². The first-order valence-electron chi connectivity index (χ1n) is 12.6. The van der Waals surface area contributed by atoms with Gasteiger partial charge in [-0.2, -0.15) is 11.3 Å². The molecule has 3 amide bonds. The topological polar surface area (TPSA) is 82.2 Å². The fourth-order valence-corrected chi connectivity index (χ4v) is 5.44. The Morgan fingerprint density at radius 1 is 1.16 bits per heavy atom. The molecule has 0 saturated carbocycles. The predicted molar refractivity (Wildman–Crippen MR) is 144 cm³/mol. The zero-order valence-corrected chi connectivity index (χ0v) is 22.3. The van der Waals surface area contributed by atoms with Crippen LogP contribution in [0, 0.1) is 6.92 Å². The molecular formula is C28H34N4O4S. The molecule has 1 fully saturated rings. The van der Waals surface area contributed by atoms with Gasteiger partial charge in [0.2, 0.25) is 0 Å². The summed E-state index contributed by atoms with van der Waals surface area (Å²) in [4.78, 5) is 45.2. The second kappa shape index (κ2) is 12.2. The van der Waals surface area contributed by atoms with Crippen molar-refractivity contribution in [3.63, 3.8) is 0 Å². The number of carbonyl (C=O) groups excluding carboxylic acids is 3. The summed E-state index contributed by atoms with van der Waals surface area (Å²) in [6, 6.07) is 8.70. The van der Waals surface area contributed by atoms with Gasteiger partial charge in [-0.3, -0.25) is 14.6 Å². The van der Waals surface area contributed by atoms with Crippen molar-refractivity contribution in [2.24, 2.45) is 0 Å². The number of amides is 3. The van der Waals surface area contributed by atoms with Gasteiger partial charge in [0, 0.05) is 50.5 Å². The van der Waals surface area contributed by atoms with E-state index in [4.69, 9.17) is 4.74 Å². The first kappa shape index (κ1) is 26.6. The normalized spacial score (nSPS) is 18.9. The molecule has 0 bridgehead atoms. The van der Waals surface area contributed by atoms with Crippen LogP contribution in [0.15, 0.2) is 65.0 Å². The molecule has 1 saturated heterocycles. The maximum Gasteiger partial charge on any atom is 0.338 e. The summed E-state index contributed by atoms with van der Waals surface area (Å²) in [5.41, 5.74) is 3.72. The van der Waals surface area contributed by atoms with Crippen LogP contribution in [0.3, 0.4) is 0 Å². The van der Waals surface area contributed by atoms with Crippen molar-refractivity contribution >= 4 is 29.2 Å². The van der Waals surface area contributed by atoms with Crippen LogP contribution in [0.5, 0.6) is 0 Å². The van der Waals surface area contributed by atoms with Gasteiger partial charge in [0.1, 0.15) is 0 Å². The van der Waals surface area contributed by atoms with Gasteiger partial charge in [0.15, 0.2) is 0 Å². The number of benzene rings is 1. The highest BCUT2D eigenvalue weighted by Crippen LogP contribution is 2.33. The first-order chi connectivity index (χ1) is 17.9. The van der Waals surface area contributed by atoms with Gasteiger partial charge in [-0.15, -0.1) is 6.58 Å². The third-order valence-corrected chi connectivity index (χ3v) is 7.37. The zero-order chi connectivity index (χ0) is 26.4. The summed E-state index contributed by atoms with van der Waals surface area (Å²) < 4.78 is 5.45. The van der Waals surface area contributed by atoms with Crippen LogP contribution < -0.4 is 5.32 Å².